The van der Waals surface area contributed by atoms with E-state index in [9.17, 15) is 9.59 Å². The first-order chi connectivity index (χ1) is 15.7. The van der Waals surface area contributed by atoms with Crippen LogP contribution in [0.2, 0.25) is 0 Å². The Kier molecular flexibility index (Phi) is 7.20. The first-order valence-corrected chi connectivity index (χ1v) is 11.1. The molecule has 0 unspecified atom stereocenters. The predicted octanol–water partition coefficient (Wildman–Crippen LogP) is 4.19. The number of carbonyl (C=O) groups excluding carboxylic acids is 2. The number of amides is 2. The molecule has 2 N–H and O–H groups in total. The molecule has 1 aliphatic heterocycles. The minimum absolute atomic E-state index is 0.161. The van der Waals surface area contributed by atoms with Gasteiger partial charge in [0.05, 0.1) is 0 Å². The highest BCUT2D eigenvalue weighted by atomic mass is 16.6. The van der Waals surface area contributed by atoms with E-state index < -0.39 is 5.60 Å². The molecule has 176 valence electrons. The van der Waals surface area contributed by atoms with Crippen LogP contribution < -0.4 is 5.73 Å². The Hall–Kier alpha value is -3.62. The van der Waals surface area contributed by atoms with Crippen molar-refractivity contribution in [2.75, 3.05) is 31.9 Å². The summed E-state index contributed by atoms with van der Waals surface area (Å²) in [6.07, 6.45) is 1.27. The van der Waals surface area contributed by atoms with Gasteiger partial charge in [-0.1, -0.05) is 13.8 Å². The van der Waals surface area contributed by atoms with Gasteiger partial charge in [-0.25, -0.2) is 9.78 Å². The SMILES string of the molecule is CC.CC(C)(C)OC(=O)N1CCN(C(=O)c2cc(N)cc(-c3nc4ncccc4o3)c2)CC1. The average Bonchev–Trinajstić information content (AvgIpc) is 3.23. The molecule has 1 saturated heterocycles. The van der Waals surface area contributed by atoms with Gasteiger partial charge < -0.3 is 24.7 Å². The van der Waals surface area contributed by atoms with Crippen LogP contribution in [0.4, 0.5) is 10.5 Å². The maximum absolute atomic E-state index is 13.1. The largest absolute Gasteiger partial charge is 0.444 e. The van der Waals surface area contributed by atoms with E-state index in [1.165, 1.54) is 0 Å². The lowest BCUT2D eigenvalue weighted by Crippen LogP contribution is -2.51. The summed E-state index contributed by atoms with van der Waals surface area (Å²) in [5.41, 5.74) is 8.03. The van der Waals surface area contributed by atoms with Crippen molar-refractivity contribution in [1.29, 1.82) is 0 Å². The Morgan fingerprint density at radius 3 is 2.36 bits per heavy atom. The van der Waals surface area contributed by atoms with Gasteiger partial charge in [0.25, 0.3) is 5.91 Å². The summed E-state index contributed by atoms with van der Waals surface area (Å²) in [4.78, 5) is 37.2. The van der Waals surface area contributed by atoms with E-state index in [-0.39, 0.29) is 12.0 Å². The number of benzene rings is 1. The third kappa shape index (κ3) is 5.79. The molecular formula is C24H31N5O4. The van der Waals surface area contributed by atoms with E-state index in [2.05, 4.69) is 9.97 Å². The fraction of sp³-hybridized carbons (Fsp3) is 0.417. The minimum atomic E-state index is -0.553. The second-order valence-corrected chi connectivity index (χ2v) is 8.45. The lowest BCUT2D eigenvalue weighted by molar-refractivity contribution is 0.0141. The minimum Gasteiger partial charge on any atom is -0.444 e. The molecule has 1 fully saturated rings. The van der Waals surface area contributed by atoms with Crippen molar-refractivity contribution in [3.8, 4) is 11.5 Å². The topological polar surface area (TPSA) is 115 Å². The standard InChI is InChI=1S/C22H25N5O4.C2H6/c1-22(2,3)31-21(29)27-9-7-26(8-10-27)20(28)15-11-14(12-16(23)13-15)19-25-18-17(30-19)5-4-6-24-18;1-2/h4-6,11-13H,7-10,23H2,1-3H3;1-2H3. The normalized spacial score (nSPS) is 14.0. The van der Waals surface area contributed by atoms with E-state index >= 15 is 0 Å². The molecule has 2 aromatic heterocycles. The first kappa shape index (κ1) is 24.0. The summed E-state index contributed by atoms with van der Waals surface area (Å²) in [6.45, 7) is 11.1. The maximum Gasteiger partial charge on any atom is 0.410 e. The van der Waals surface area contributed by atoms with Gasteiger partial charge in [-0.05, 0) is 51.1 Å². The molecule has 0 spiro atoms. The van der Waals surface area contributed by atoms with Gasteiger partial charge in [-0.3, -0.25) is 4.79 Å². The van der Waals surface area contributed by atoms with Crippen molar-refractivity contribution in [3.63, 3.8) is 0 Å². The van der Waals surface area contributed by atoms with Crippen molar-refractivity contribution in [1.82, 2.24) is 19.8 Å². The number of hydrogen-bond donors (Lipinski definition) is 1. The van der Waals surface area contributed by atoms with Crippen molar-refractivity contribution in [3.05, 3.63) is 42.1 Å². The van der Waals surface area contributed by atoms with Crippen molar-refractivity contribution in [2.45, 2.75) is 40.2 Å². The zero-order valence-corrected chi connectivity index (χ0v) is 19.8. The van der Waals surface area contributed by atoms with E-state index in [0.717, 1.165) is 0 Å². The Balaban J connectivity index is 0.00000149. The average molecular weight is 454 g/mol. The van der Waals surface area contributed by atoms with Gasteiger partial charge in [0, 0.05) is 49.2 Å². The summed E-state index contributed by atoms with van der Waals surface area (Å²) in [7, 11) is 0. The molecule has 0 aliphatic carbocycles. The summed E-state index contributed by atoms with van der Waals surface area (Å²) in [5, 5.41) is 0. The molecule has 3 heterocycles. The molecule has 9 nitrogen and oxygen atoms in total. The number of hydrogen-bond acceptors (Lipinski definition) is 7. The molecule has 3 aromatic rings. The fourth-order valence-electron chi connectivity index (χ4n) is 3.39. The zero-order chi connectivity index (χ0) is 24.2. The van der Waals surface area contributed by atoms with Crippen LogP contribution in [-0.4, -0.2) is 63.5 Å². The number of pyridine rings is 1. The molecule has 1 aromatic carbocycles. The summed E-state index contributed by atoms with van der Waals surface area (Å²) >= 11 is 0. The molecule has 4 rings (SSSR count). The van der Waals surface area contributed by atoms with Gasteiger partial charge in [0.2, 0.25) is 5.89 Å². The van der Waals surface area contributed by atoms with Crippen molar-refractivity contribution < 1.29 is 18.7 Å². The van der Waals surface area contributed by atoms with E-state index in [0.29, 0.717) is 60.1 Å². The highest BCUT2D eigenvalue weighted by Crippen LogP contribution is 2.27. The number of nitrogens with two attached hydrogens (primary N) is 1. The number of nitrogens with zero attached hydrogens (tertiary/aromatic N) is 4. The van der Waals surface area contributed by atoms with Crippen molar-refractivity contribution >= 4 is 28.9 Å². The van der Waals surface area contributed by atoms with E-state index in [4.69, 9.17) is 14.9 Å². The third-order valence-electron chi connectivity index (χ3n) is 4.83. The molecule has 9 heteroatoms. The van der Waals surface area contributed by atoms with Crippen LogP contribution in [-0.2, 0) is 4.74 Å². The zero-order valence-electron chi connectivity index (χ0n) is 19.8. The molecular weight excluding hydrogens is 422 g/mol. The van der Waals surface area contributed by atoms with Crippen molar-refractivity contribution in [2.24, 2.45) is 0 Å². The molecule has 0 atom stereocenters. The third-order valence-corrected chi connectivity index (χ3v) is 4.83. The molecule has 0 bridgehead atoms. The number of rotatable bonds is 2. The summed E-state index contributed by atoms with van der Waals surface area (Å²) < 4.78 is 11.2. The fourth-order valence-corrected chi connectivity index (χ4v) is 3.39. The van der Waals surface area contributed by atoms with Gasteiger partial charge in [0.1, 0.15) is 5.60 Å². The number of oxazole rings is 1. The molecule has 1 aliphatic rings. The second kappa shape index (κ2) is 9.89. The van der Waals surface area contributed by atoms with Gasteiger partial charge in [-0.2, -0.15) is 4.98 Å². The molecule has 2 amide bonds. The van der Waals surface area contributed by atoms with Crippen LogP contribution in [0.5, 0.6) is 0 Å². The first-order valence-electron chi connectivity index (χ1n) is 11.1. The van der Waals surface area contributed by atoms with Crippen LogP contribution in [0, 0.1) is 0 Å². The number of anilines is 1. The molecule has 0 saturated carbocycles. The van der Waals surface area contributed by atoms with Crippen LogP contribution in [0.1, 0.15) is 45.0 Å². The predicted molar refractivity (Wildman–Crippen MR) is 127 cm³/mol. The number of carbonyl (C=O) groups is 2. The second-order valence-electron chi connectivity index (χ2n) is 8.45. The Morgan fingerprint density at radius 2 is 1.73 bits per heavy atom. The summed E-state index contributed by atoms with van der Waals surface area (Å²) in [5.74, 6) is 0.191. The maximum atomic E-state index is 13.1. The van der Waals surface area contributed by atoms with Crippen LogP contribution in [0.15, 0.2) is 40.9 Å². The number of piperazine rings is 1. The number of fused-ring (bicyclic) bond motifs is 1. The number of ether oxygens (including phenoxy) is 1. The summed E-state index contributed by atoms with van der Waals surface area (Å²) in [6, 6.07) is 8.60. The van der Waals surface area contributed by atoms with Gasteiger partial charge in [0.15, 0.2) is 11.2 Å². The van der Waals surface area contributed by atoms with Crippen LogP contribution in [0.3, 0.4) is 0 Å². The smallest absolute Gasteiger partial charge is 0.410 e. The lowest BCUT2D eigenvalue weighted by Gasteiger charge is -2.35. The highest BCUT2D eigenvalue weighted by Gasteiger charge is 2.28. The Labute approximate surface area is 193 Å². The van der Waals surface area contributed by atoms with Crippen LogP contribution >= 0.6 is 0 Å². The van der Waals surface area contributed by atoms with E-state index in [1.807, 2.05) is 34.6 Å². The Morgan fingerprint density at radius 1 is 1.06 bits per heavy atom. The lowest BCUT2D eigenvalue weighted by atomic mass is 10.1. The monoisotopic (exact) mass is 453 g/mol. The van der Waals surface area contributed by atoms with Gasteiger partial charge >= 0.3 is 6.09 Å². The molecule has 33 heavy (non-hydrogen) atoms. The number of nitrogen functional groups attached to an aromatic ring is 1. The quantitative estimate of drug-likeness (QED) is 0.579. The highest BCUT2D eigenvalue weighted by molar-refractivity contribution is 5.96. The Bertz CT molecular complexity index is 1090. The number of aromatic nitrogens is 2. The van der Waals surface area contributed by atoms with Gasteiger partial charge in [-0.15, -0.1) is 0 Å². The van der Waals surface area contributed by atoms with E-state index in [1.54, 1.807) is 46.3 Å². The molecule has 0 radical (unpaired) electrons. The van der Waals surface area contributed by atoms with Crippen LogP contribution in [0.25, 0.3) is 22.7 Å².